The van der Waals surface area contributed by atoms with Crippen molar-refractivity contribution in [2.45, 2.75) is 12.2 Å². The second kappa shape index (κ2) is 5.21. The molecule has 0 saturated heterocycles. The van der Waals surface area contributed by atoms with Gasteiger partial charge < -0.3 is 10.2 Å². The largest absolute Gasteiger partial charge is 0.389 e. The maximum atomic E-state index is 10.1. The molecule has 2 N–H and O–H groups in total. The lowest BCUT2D eigenvalue weighted by atomic mass is 10.0. The van der Waals surface area contributed by atoms with Crippen LogP contribution in [-0.4, -0.2) is 21.6 Å². The molecule has 3 rings (SSSR count). The summed E-state index contributed by atoms with van der Waals surface area (Å²) in [5.74, 6) is 0. The summed E-state index contributed by atoms with van der Waals surface area (Å²) in [6.07, 6.45) is -1.65. The Labute approximate surface area is 123 Å². The number of hydrogen-bond acceptors (Lipinski definition) is 3. The first-order valence-electron chi connectivity index (χ1n) is 6.04. The van der Waals surface area contributed by atoms with Crippen molar-refractivity contribution >= 4 is 47.4 Å². The Hall–Kier alpha value is -0.940. The van der Waals surface area contributed by atoms with Crippen LogP contribution < -0.4 is 0 Å². The molecule has 2 nitrogen and oxygen atoms in total. The molecule has 0 aliphatic rings. The van der Waals surface area contributed by atoms with Gasteiger partial charge >= 0.3 is 0 Å². The van der Waals surface area contributed by atoms with Crippen LogP contribution in [0.4, 0.5) is 0 Å². The quantitative estimate of drug-likeness (QED) is 0.713. The first-order chi connectivity index (χ1) is 9.20. The third-order valence-electron chi connectivity index (χ3n) is 3.26. The van der Waals surface area contributed by atoms with E-state index < -0.39 is 12.2 Å². The third kappa shape index (κ3) is 2.30. The van der Waals surface area contributed by atoms with Gasteiger partial charge in [0, 0.05) is 25.5 Å². The molecule has 0 fully saturated rings. The topological polar surface area (TPSA) is 40.5 Å². The molecule has 98 valence electrons. The summed E-state index contributed by atoms with van der Waals surface area (Å²) in [7, 11) is 0. The smallest absolute Gasteiger partial charge is 0.106 e. The highest BCUT2D eigenvalue weighted by Crippen LogP contribution is 2.35. The average molecular weight is 337 g/mol. The number of benzene rings is 2. The summed E-state index contributed by atoms with van der Waals surface area (Å²) < 4.78 is 2.44. The third-order valence-corrected chi connectivity index (χ3v) is 5.08. The molecule has 2 aromatic carbocycles. The second-order valence-corrected chi connectivity index (χ2v) is 6.25. The number of alkyl halides is 1. The van der Waals surface area contributed by atoms with Crippen molar-refractivity contribution in [3.63, 3.8) is 0 Å². The second-order valence-electron chi connectivity index (χ2n) is 4.52. The Kier molecular flexibility index (Phi) is 3.58. The van der Waals surface area contributed by atoms with Gasteiger partial charge in [-0.15, -0.1) is 11.3 Å². The minimum Gasteiger partial charge on any atom is -0.389 e. The SMILES string of the molecule is OC(CBr)C(O)c1ccc2sc3ccccc3c2c1. The summed E-state index contributed by atoms with van der Waals surface area (Å²) >= 11 is 4.93. The summed E-state index contributed by atoms with van der Waals surface area (Å²) in [5, 5.41) is 22.5. The van der Waals surface area contributed by atoms with Gasteiger partial charge in [-0.25, -0.2) is 0 Å². The Morgan fingerprint density at radius 1 is 1.00 bits per heavy atom. The predicted molar refractivity (Wildman–Crippen MR) is 84.1 cm³/mol. The van der Waals surface area contributed by atoms with Crippen molar-refractivity contribution in [3.05, 3.63) is 48.0 Å². The van der Waals surface area contributed by atoms with Crippen LogP contribution in [0, 0.1) is 0 Å². The zero-order valence-electron chi connectivity index (χ0n) is 10.1. The summed E-state index contributed by atoms with van der Waals surface area (Å²) in [6.45, 7) is 0. The summed E-state index contributed by atoms with van der Waals surface area (Å²) in [6, 6.07) is 14.1. The highest BCUT2D eigenvalue weighted by atomic mass is 79.9. The molecular formula is C15H13BrO2S. The van der Waals surface area contributed by atoms with Gasteiger partial charge in [-0.2, -0.15) is 0 Å². The maximum absolute atomic E-state index is 10.1. The number of hydrogen-bond donors (Lipinski definition) is 2. The molecule has 0 radical (unpaired) electrons. The normalized spacial score (nSPS) is 14.9. The molecule has 0 bridgehead atoms. The molecular weight excluding hydrogens is 324 g/mol. The molecule has 4 heteroatoms. The Bertz CT molecular complexity index is 722. The first kappa shape index (κ1) is 13.1. The van der Waals surface area contributed by atoms with Crippen LogP contribution in [0.15, 0.2) is 42.5 Å². The maximum Gasteiger partial charge on any atom is 0.106 e. The lowest BCUT2D eigenvalue weighted by molar-refractivity contribution is 0.0343. The molecule has 19 heavy (non-hydrogen) atoms. The molecule has 1 heterocycles. The van der Waals surface area contributed by atoms with Crippen molar-refractivity contribution in [1.82, 2.24) is 0 Å². The van der Waals surface area contributed by atoms with E-state index in [1.165, 1.54) is 14.8 Å². The van der Waals surface area contributed by atoms with Crippen LogP contribution in [0.2, 0.25) is 0 Å². The van der Waals surface area contributed by atoms with Crippen molar-refractivity contribution in [2.75, 3.05) is 5.33 Å². The van der Waals surface area contributed by atoms with Gasteiger partial charge in [0.2, 0.25) is 0 Å². The number of thiophene rings is 1. The summed E-state index contributed by atoms with van der Waals surface area (Å²) in [5.41, 5.74) is 0.753. The van der Waals surface area contributed by atoms with Gasteiger partial charge in [-0.3, -0.25) is 0 Å². The van der Waals surface area contributed by atoms with Gasteiger partial charge in [0.05, 0.1) is 6.10 Å². The highest BCUT2D eigenvalue weighted by molar-refractivity contribution is 9.09. The zero-order valence-corrected chi connectivity index (χ0v) is 12.5. The first-order valence-corrected chi connectivity index (χ1v) is 7.98. The number of fused-ring (bicyclic) bond motifs is 3. The minimum atomic E-state index is -0.859. The molecule has 0 aliphatic heterocycles. The van der Waals surface area contributed by atoms with Crippen LogP contribution in [-0.2, 0) is 0 Å². The van der Waals surface area contributed by atoms with E-state index in [4.69, 9.17) is 0 Å². The molecule has 1 aromatic heterocycles. The molecule has 3 aromatic rings. The minimum absolute atomic E-state index is 0.358. The van der Waals surface area contributed by atoms with E-state index in [1.807, 2.05) is 30.3 Å². The van der Waals surface area contributed by atoms with Gasteiger partial charge in [-0.05, 0) is 23.8 Å². The van der Waals surface area contributed by atoms with E-state index in [0.717, 1.165) is 10.9 Å². The number of halogens is 1. The average Bonchev–Trinajstić information content (AvgIpc) is 2.83. The Morgan fingerprint density at radius 2 is 1.74 bits per heavy atom. The predicted octanol–water partition coefficient (Wildman–Crippen LogP) is 3.84. The molecule has 2 atom stereocenters. The van der Waals surface area contributed by atoms with Crippen molar-refractivity contribution < 1.29 is 10.2 Å². The fraction of sp³-hybridized carbons (Fsp3) is 0.200. The molecule has 0 saturated carbocycles. The molecule has 0 spiro atoms. The lowest BCUT2D eigenvalue weighted by Gasteiger charge is -2.15. The van der Waals surface area contributed by atoms with Gasteiger partial charge in [0.15, 0.2) is 0 Å². The van der Waals surface area contributed by atoms with E-state index in [9.17, 15) is 10.2 Å². The fourth-order valence-electron chi connectivity index (χ4n) is 2.23. The van der Waals surface area contributed by atoms with Crippen molar-refractivity contribution in [3.8, 4) is 0 Å². The Balaban J connectivity index is 2.16. The lowest BCUT2D eigenvalue weighted by Crippen LogP contribution is -2.19. The van der Waals surface area contributed by atoms with Crippen LogP contribution in [0.1, 0.15) is 11.7 Å². The van der Waals surface area contributed by atoms with Crippen LogP contribution >= 0.6 is 27.3 Å². The monoisotopic (exact) mass is 336 g/mol. The molecule has 2 unspecified atom stereocenters. The molecule has 0 amide bonds. The zero-order chi connectivity index (χ0) is 13.4. The summed E-state index contributed by atoms with van der Waals surface area (Å²) in [4.78, 5) is 0. The van der Waals surface area contributed by atoms with Crippen LogP contribution in [0.5, 0.6) is 0 Å². The van der Waals surface area contributed by atoms with Crippen molar-refractivity contribution in [2.24, 2.45) is 0 Å². The van der Waals surface area contributed by atoms with Crippen LogP contribution in [0.3, 0.4) is 0 Å². The van der Waals surface area contributed by atoms with Gasteiger partial charge in [0.25, 0.3) is 0 Å². The van der Waals surface area contributed by atoms with E-state index in [0.29, 0.717) is 5.33 Å². The van der Waals surface area contributed by atoms with Gasteiger partial charge in [-0.1, -0.05) is 40.2 Å². The van der Waals surface area contributed by atoms with Crippen LogP contribution in [0.25, 0.3) is 20.2 Å². The van der Waals surface area contributed by atoms with Gasteiger partial charge in [0.1, 0.15) is 6.10 Å². The number of aliphatic hydroxyl groups is 2. The van der Waals surface area contributed by atoms with Crippen molar-refractivity contribution in [1.29, 1.82) is 0 Å². The standard InChI is InChI=1S/C15H13BrO2S/c16-8-12(17)15(18)9-5-6-14-11(7-9)10-3-1-2-4-13(10)19-14/h1-7,12,15,17-18H,8H2. The number of aliphatic hydroxyl groups excluding tert-OH is 2. The van der Waals surface area contributed by atoms with E-state index in [1.54, 1.807) is 11.3 Å². The molecule has 0 aliphatic carbocycles. The number of rotatable bonds is 3. The van der Waals surface area contributed by atoms with E-state index in [2.05, 4.69) is 28.1 Å². The van der Waals surface area contributed by atoms with E-state index >= 15 is 0 Å². The van der Waals surface area contributed by atoms with E-state index in [-0.39, 0.29) is 0 Å². The fourth-order valence-corrected chi connectivity index (χ4v) is 3.67. The Morgan fingerprint density at radius 3 is 2.53 bits per heavy atom. The highest BCUT2D eigenvalue weighted by Gasteiger charge is 2.18.